The normalized spacial score (nSPS) is 38.5. The Labute approximate surface area is 105 Å². The molecule has 3 atom stereocenters. The molecule has 3 nitrogen and oxygen atoms in total. The number of nitrogens with zero attached hydrogens (tertiary/aromatic N) is 1. The average molecular weight is 241 g/mol. The van der Waals surface area contributed by atoms with E-state index in [1.807, 2.05) is 13.8 Å². The van der Waals surface area contributed by atoms with Gasteiger partial charge in [0.25, 0.3) is 0 Å². The molecule has 3 unspecified atom stereocenters. The summed E-state index contributed by atoms with van der Waals surface area (Å²) in [5.41, 5.74) is -0.975. The van der Waals surface area contributed by atoms with Gasteiger partial charge >= 0.3 is 0 Å². The van der Waals surface area contributed by atoms with Gasteiger partial charge in [-0.25, -0.2) is 0 Å². The first-order chi connectivity index (χ1) is 7.95. The molecule has 0 aromatic carbocycles. The molecule has 1 saturated carbocycles. The molecule has 100 valence electrons. The molecule has 1 saturated heterocycles. The Hall–Kier alpha value is -0.120. The summed E-state index contributed by atoms with van der Waals surface area (Å²) in [4.78, 5) is 2.34. The zero-order valence-corrected chi connectivity index (χ0v) is 11.3. The number of rotatable bonds is 3. The van der Waals surface area contributed by atoms with Crippen LogP contribution in [0.5, 0.6) is 0 Å². The van der Waals surface area contributed by atoms with Crippen molar-refractivity contribution >= 4 is 0 Å². The summed E-state index contributed by atoms with van der Waals surface area (Å²) in [6, 6.07) is 0. The summed E-state index contributed by atoms with van der Waals surface area (Å²) in [7, 11) is 0. The molecule has 2 rings (SSSR count). The maximum atomic E-state index is 10.6. The smallest absolute Gasteiger partial charge is 0.0743 e. The van der Waals surface area contributed by atoms with Crippen LogP contribution in [0.3, 0.4) is 0 Å². The third-order valence-electron chi connectivity index (χ3n) is 4.84. The molecular formula is C14H27NO2. The van der Waals surface area contributed by atoms with Gasteiger partial charge < -0.3 is 10.2 Å². The van der Waals surface area contributed by atoms with Crippen LogP contribution in [0.15, 0.2) is 0 Å². The second-order valence-electron chi connectivity index (χ2n) is 6.38. The van der Waals surface area contributed by atoms with E-state index in [2.05, 4.69) is 4.90 Å². The Balaban J connectivity index is 1.93. The summed E-state index contributed by atoms with van der Waals surface area (Å²) in [6.45, 7) is 6.58. The molecule has 0 aromatic heterocycles. The summed E-state index contributed by atoms with van der Waals surface area (Å²) in [5.74, 6) is 0.428. The number of fused-ring (bicyclic) bond motifs is 1. The first-order valence-electron chi connectivity index (χ1n) is 7.12. The molecule has 3 heteroatoms. The molecule has 2 aliphatic rings. The van der Waals surface area contributed by atoms with E-state index in [1.165, 1.54) is 12.8 Å². The van der Waals surface area contributed by atoms with Crippen LogP contribution in [0, 0.1) is 5.92 Å². The van der Waals surface area contributed by atoms with Crippen LogP contribution < -0.4 is 0 Å². The number of hydrogen-bond donors (Lipinski definition) is 2. The van der Waals surface area contributed by atoms with Gasteiger partial charge in [-0.1, -0.05) is 19.8 Å². The minimum absolute atomic E-state index is 0.396. The van der Waals surface area contributed by atoms with Crippen molar-refractivity contribution in [3.05, 3.63) is 0 Å². The largest absolute Gasteiger partial charge is 0.390 e. The number of piperidine rings is 1. The molecule has 2 fully saturated rings. The van der Waals surface area contributed by atoms with Gasteiger partial charge in [0.1, 0.15) is 0 Å². The second kappa shape index (κ2) is 4.87. The molecule has 17 heavy (non-hydrogen) atoms. The Kier molecular flexibility index (Phi) is 3.81. The Morgan fingerprint density at radius 3 is 2.82 bits per heavy atom. The lowest BCUT2D eigenvalue weighted by atomic mass is 9.71. The molecule has 2 N–H and O–H groups in total. The monoisotopic (exact) mass is 241 g/mol. The highest BCUT2D eigenvalue weighted by atomic mass is 16.3. The van der Waals surface area contributed by atoms with Crippen molar-refractivity contribution in [3.63, 3.8) is 0 Å². The van der Waals surface area contributed by atoms with Crippen molar-refractivity contribution in [2.75, 3.05) is 19.6 Å². The summed E-state index contributed by atoms with van der Waals surface area (Å²) >= 11 is 0. The summed E-state index contributed by atoms with van der Waals surface area (Å²) < 4.78 is 0. The van der Waals surface area contributed by atoms with Crippen LogP contribution in [0.4, 0.5) is 0 Å². The maximum absolute atomic E-state index is 10.6. The van der Waals surface area contributed by atoms with E-state index in [0.29, 0.717) is 5.92 Å². The number of likely N-dealkylation sites (tertiary alicyclic amines) is 1. The zero-order valence-electron chi connectivity index (χ0n) is 11.3. The van der Waals surface area contributed by atoms with E-state index in [1.54, 1.807) is 0 Å². The first kappa shape index (κ1) is 13.3. The molecular weight excluding hydrogens is 214 g/mol. The second-order valence-corrected chi connectivity index (χ2v) is 6.38. The van der Waals surface area contributed by atoms with Crippen molar-refractivity contribution in [1.29, 1.82) is 0 Å². The lowest BCUT2D eigenvalue weighted by molar-refractivity contribution is -0.107. The molecule has 0 aromatic rings. The number of hydrogen-bond acceptors (Lipinski definition) is 3. The van der Waals surface area contributed by atoms with Crippen LogP contribution in [0.25, 0.3) is 0 Å². The minimum atomic E-state index is -0.579. The minimum Gasteiger partial charge on any atom is -0.390 e. The van der Waals surface area contributed by atoms with Crippen molar-refractivity contribution in [3.8, 4) is 0 Å². The fourth-order valence-electron chi connectivity index (χ4n) is 3.38. The van der Waals surface area contributed by atoms with Gasteiger partial charge in [0, 0.05) is 25.6 Å². The van der Waals surface area contributed by atoms with E-state index >= 15 is 0 Å². The van der Waals surface area contributed by atoms with Gasteiger partial charge in [0.15, 0.2) is 0 Å². The van der Waals surface area contributed by atoms with Gasteiger partial charge in [-0.15, -0.1) is 0 Å². The average Bonchev–Trinajstić information content (AvgIpc) is 2.29. The predicted molar refractivity (Wildman–Crippen MR) is 68.9 cm³/mol. The van der Waals surface area contributed by atoms with Gasteiger partial charge in [-0.3, -0.25) is 4.90 Å². The van der Waals surface area contributed by atoms with E-state index in [0.717, 1.165) is 45.3 Å². The Bertz CT molecular complexity index is 267. The molecule has 1 aliphatic carbocycles. The molecule has 1 heterocycles. The van der Waals surface area contributed by atoms with Crippen LogP contribution in [-0.2, 0) is 0 Å². The highest BCUT2D eigenvalue weighted by Gasteiger charge is 2.43. The number of β-amino-alcohol motifs (C(OH)–C–C–N with tert-alkyl or cyclic N) is 1. The summed E-state index contributed by atoms with van der Waals surface area (Å²) in [5, 5.41) is 20.7. The van der Waals surface area contributed by atoms with Gasteiger partial charge in [0.2, 0.25) is 0 Å². The highest BCUT2D eigenvalue weighted by Crippen LogP contribution is 2.40. The number of aliphatic hydroxyl groups is 2. The van der Waals surface area contributed by atoms with Crippen LogP contribution in [-0.4, -0.2) is 45.9 Å². The van der Waals surface area contributed by atoms with Crippen molar-refractivity contribution in [2.24, 2.45) is 5.92 Å². The van der Waals surface area contributed by atoms with Crippen LogP contribution in [0.2, 0.25) is 0 Å². The molecule has 0 radical (unpaired) electrons. The fraction of sp³-hybridized carbons (Fsp3) is 1.00. The standard InChI is InChI=1S/C14H27NO2/c1-3-13(2,16)11-15-9-8-14(17)7-5-4-6-12(14)10-15/h12,16-17H,3-11H2,1-2H3. The molecule has 1 aliphatic heterocycles. The lowest BCUT2D eigenvalue weighted by Crippen LogP contribution is -2.55. The van der Waals surface area contributed by atoms with Crippen molar-refractivity contribution in [1.82, 2.24) is 4.90 Å². The molecule has 0 bridgehead atoms. The van der Waals surface area contributed by atoms with Crippen LogP contribution in [0.1, 0.15) is 52.4 Å². The quantitative estimate of drug-likeness (QED) is 0.791. The third kappa shape index (κ3) is 3.01. The van der Waals surface area contributed by atoms with Gasteiger partial charge in [0.05, 0.1) is 11.2 Å². The third-order valence-corrected chi connectivity index (χ3v) is 4.84. The summed E-state index contributed by atoms with van der Waals surface area (Å²) in [6.07, 6.45) is 6.25. The zero-order chi connectivity index (χ0) is 12.5. The van der Waals surface area contributed by atoms with Crippen molar-refractivity contribution in [2.45, 2.75) is 63.6 Å². The highest BCUT2D eigenvalue weighted by molar-refractivity contribution is 4.96. The van der Waals surface area contributed by atoms with Gasteiger partial charge in [-0.05, 0) is 32.6 Å². The van der Waals surface area contributed by atoms with E-state index in [4.69, 9.17) is 0 Å². The SMILES string of the molecule is CCC(C)(O)CN1CCC2(O)CCCCC2C1. The van der Waals surface area contributed by atoms with Crippen LogP contribution >= 0.6 is 0 Å². The Morgan fingerprint density at radius 2 is 2.12 bits per heavy atom. The van der Waals surface area contributed by atoms with E-state index in [-0.39, 0.29) is 0 Å². The lowest BCUT2D eigenvalue weighted by Gasteiger charge is -2.48. The van der Waals surface area contributed by atoms with E-state index in [9.17, 15) is 10.2 Å². The van der Waals surface area contributed by atoms with Gasteiger partial charge in [-0.2, -0.15) is 0 Å². The molecule has 0 amide bonds. The maximum Gasteiger partial charge on any atom is 0.0743 e. The van der Waals surface area contributed by atoms with E-state index < -0.39 is 11.2 Å². The van der Waals surface area contributed by atoms with Crippen molar-refractivity contribution < 1.29 is 10.2 Å². The first-order valence-corrected chi connectivity index (χ1v) is 7.12. The topological polar surface area (TPSA) is 43.7 Å². The fourth-order valence-corrected chi connectivity index (χ4v) is 3.38. The Morgan fingerprint density at radius 1 is 1.35 bits per heavy atom. The molecule has 0 spiro atoms. The predicted octanol–water partition coefficient (Wildman–Crippen LogP) is 1.77.